The first kappa shape index (κ1) is 25.0. The number of nitrogens with zero attached hydrogens (tertiary/aromatic N) is 1. The highest BCUT2D eigenvalue weighted by Crippen LogP contribution is 2.26. The third kappa shape index (κ3) is 6.33. The monoisotopic (exact) mass is 485 g/mol. The Morgan fingerprint density at radius 1 is 0.944 bits per heavy atom. The van der Waals surface area contributed by atoms with E-state index in [4.69, 9.17) is 18.6 Å². The summed E-state index contributed by atoms with van der Waals surface area (Å²) >= 11 is 0. The Kier molecular flexibility index (Phi) is 8.40. The van der Waals surface area contributed by atoms with E-state index < -0.39 is 5.92 Å². The number of oxazole rings is 1. The Balaban J connectivity index is 1.36. The zero-order valence-electron chi connectivity index (χ0n) is 20.9. The molecule has 36 heavy (non-hydrogen) atoms. The highest BCUT2D eigenvalue weighted by molar-refractivity contribution is 5.78. The zero-order chi connectivity index (χ0) is 25.3. The number of methoxy groups -OCH3 is 1. The topological polar surface area (TPSA) is 70.8 Å². The largest absolute Gasteiger partial charge is 0.497 e. The molecule has 6 heteroatoms. The van der Waals surface area contributed by atoms with Gasteiger partial charge in [-0.1, -0.05) is 42.5 Å². The van der Waals surface area contributed by atoms with Gasteiger partial charge in [-0.05, 0) is 67.8 Å². The molecule has 0 aliphatic heterocycles. The van der Waals surface area contributed by atoms with Gasteiger partial charge in [-0.15, -0.1) is 0 Å². The minimum Gasteiger partial charge on any atom is -0.497 e. The van der Waals surface area contributed by atoms with Crippen LogP contribution >= 0.6 is 0 Å². The van der Waals surface area contributed by atoms with Gasteiger partial charge in [-0.2, -0.15) is 0 Å². The molecule has 0 aliphatic rings. The second kappa shape index (κ2) is 12.1. The normalized spacial score (nSPS) is 11.6. The first-order chi connectivity index (χ1) is 17.6. The second-order valence-electron chi connectivity index (χ2n) is 8.41. The Morgan fingerprint density at radius 3 is 2.31 bits per heavy atom. The number of carbonyl (C=O) groups excluding carboxylic acids is 1. The summed E-state index contributed by atoms with van der Waals surface area (Å²) in [5.41, 5.74) is 3.77. The lowest BCUT2D eigenvalue weighted by atomic mass is 9.92. The molecule has 1 aromatic heterocycles. The Morgan fingerprint density at radius 2 is 1.64 bits per heavy atom. The molecule has 186 valence electrons. The Labute approximate surface area is 211 Å². The molecule has 4 aromatic rings. The maximum atomic E-state index is 12.7. The summed E-state index contributed by atoms with van der Waals surface area (Å²) in [5.74, 6) is 2.31. The van der Waals surface area contributed by atoms with E-state index in [1.165, 1.54) is 0 Å². The van der Waals surface area contributed by atoms with Gasteiger partial charge in [-0.3, -0.25) is 4.79 Å². The SMILES string of the molecule is CCOC(=O)C(Cc1ccc(OCCc2nc(-c3ccccc3)oc2C)cc1)c1ccc(OC)cc1. The van der Waals surface area contributed by atoms with E-state index in [1.807, 2.05) is 92.7 Å². The Bertz CT molecular complexity index is 1250. The van der Waals surface area contributed by atoms with Crippen LogP contribution in [0.3, 0.4) is 0 Å². The number of rotatable bonds is 11. The third-order valence-electron chi connectivity index (χ3n) is 5.97. The van der Waals surface area contributed by atoms with E-state index >= 15 is 0 Å². The molecule has 0 saturated heterocycles. The lowest BCUT2D eigenvalue weighted by Crippen LogP contribution is -2.18. The van der Waals surface area contributed by atoms with E-state index in [9.17, 15) is 4.79 Å². The number of aromatic nitrogens is 1. The summed E-state index contributed by atoms with van der Waals surface area (Å²) in [6.07, 6.45) is 1.18. The minimum atomic E-state index is -0.392. The molecule has 0 N–H and O–H groups in total. The summed E-state index contributed by atoms with van der Waals surface area (Å²) in [6.45, 7) is 4.57. The number of esters is 1. The molecule has 0 aliphatic carbocycles. The van der Waals surface area contributed by atoms with Crippen LogP contribution in [0.4, 0.5) is 0 Å². The molecule has 0 spiro atoms. The standard InChI is InChI=1S/C30H31NO5/c1-4-34-30(32)27(23-12-16-25(33-3)17-13-23)20-22-10-14-26(15-11-22)35-19-18-28-21(2)36-29(31-28)24-8-6-5-7-9-24/h5-17,27H,4,18-20H2,1-3H3. The average Bonchev–Trinajstić information content (AvgIpc) is 3.29. The van der Waals surface area contributed by atoms with Crippen LogP contribution in [0.2, 0.25) is 0 Å². The van der Waals surface area contributed by atoms with E-state index in [1.54, 1.807) is 7.11 Å². The molecule has 0 fully saturated rings. The molecule has 1 heterocycles. The number of hydrogen-bond donors (Lipinski definition) is 0. The molecule has 1 atom stereocenters. The molecule has 4 rings (SSSR count). The van der Waals surface area contributed by atoms with Crippen molar-refractivity contribution in [1.82, 2.24) is 4.98 Å². The van der Waals surface area contributed by atoms with E-state index in [2.05, 4.69) is 4.98 Å². The Hall–Kier alpha value is -4.06. The van der Waals surface area contributed by atoms with Crippen LogP contribution in [-0.4, -0.2) is 31.3 Å². The van der Waals surface area contributed by atoms with Crippen LogP contribution in [-0.2, 0) is 22.4 Å². The zero-order valence-corrected chi connectivity index (χ0v) is 20.9. The number of hydrogen-bond acceptors (Lipinski definition) is 6. The third-order valence-corrected chi connectivity index (χ3v) is 5.97. The average molecular weight is 486 g/mol. The summed E-state index contributed by atoms with van der Waals surface area (Å²) in [5, 5.41) is 0. The second-order valence-corrected chi connectivity index (χ2v) is 8.41. The smallest absolute Gasteiger partial charge is 0.313 e. The van der Waals surface area contributed by atoms with Crippen LogP contribution in [0, 0.1) is 6.92 Å². The van der Waals surface area contributed by atoms with Gasteiger partial charge in [0.1, 0.15) is 17.3 Å². The molecular formula is C30H31NO5. The van der Waals surface area contributed by atoms with Gasteiger partial charge in [-0.25, -0.2) is 4.98 Å². The first-order valence-corrected chi connectivity index (χ1v) is 12.1. The summed E-state index contributed by atoms with van der Waals surface area (Å²) in [7, 11) is 1.62. The number of aryl methyl sites for hydroxylation is 1. The van der Waals surface area contributed by atoms with Crippen molar-refractivity contribution in [3.05, 3.63) is 101 Å². The molecule has 0 radical (unpaired) electrons. The molecule has 6 nitrogen and oxygen atoms in total. The molecular weight excluding hydrogens is 454 g/mol. The predicted molar refractivity (Wildman–Crippen MR) is 138 cm³/mol. The molecule has 0 amide bonds. The number of carbonyl (C=O) groups is 1. The molecule has 0 saturated carbocycles. The van der Waals surface area contributed by atoms with Crippen molar-refractivity contribution in [3.63, 3.8) is 0 Å². The number of benzene rings is 3. The van der Waals surface area contributed by atoms with Gasteiger partial charge in [0.05, 0.1) is 31.9 Å². The predicted octanol–water partition coefficient (Wildman–Crippen LogP) is 6.17. The van der Waals surface area contributed by atoms with Crippen molar-refractivity contribution in [3.8, 4) is 23.0 Å². The fourth-order valence-corrected chi connectivity index (χ4v) is 4.00. The van der Waals surface area contributed by atoms with Gasteiger partial charge in [0, 0.05) is 12.0 Å². The van der Waals surface area contributed by atoms with Gasteiger partial charge >= 0.3 is 5.97 Å². The van der Waals surface area contributed by atoms with E-state index in [-0.39, 0.29) is 5.97 Å². The van der Waals surface area contributed by atoms with Crippen molar-refractivity contribution < 1.29 is 23.4 Å². The molecule has 0 bridgehead atoms. The number of ether oxygens (including phenoxy) is 3. The molecule has 3 aromatic carbocycles. The lowest BCUT2D eigenvalue weighted by molar-refractivity contribution is -0.144. The quantitative estimate of drug-likeness (QED) is 0.237. The summed E-state index contributed by atoms with van der Waals surface area (Å²) in [6, 6.07) is 25.2. The summed E-state index contributed by atoms with van der Waals surface area (Å²) < 4.78 is 22.4. The maximum Gasteiger partial charge on any atom is 0.313 e. The van der Waals surface area contributed by atoms with Crippen LogP contribution in [0.5, 0.6) is 11.5 Å². The van der Waals surface area contributed by atoms with Crippen LogP contribution in [0.1, 0.15) is 35.4 Å². The van der Waals surface area contributed by atoms with Crippen molar-refractivity contribution in [2.75, 3.05) is 20.3 Å². The van der Waals surface area contributed by atoms with Crippen LogP contribution < -0.4 is 9.47 Å². The van der Waals surface area contributed by atoms with Crippen molar-refractivity contribution >= 4 is 5.97 Å². The van der Waals surface area contributed by atoms with Gasteiger partial charge in [0.15, 0.2) is 0 Å². The highest BCUT2D eigenvalue weighted by Gasteiger charge is 2.22. The maximum absolute atomic E-state index is 12.7. The van der Waals surface area contributed by atoms with Crippen molar-refractivity contribution in [2.45, 2.75) is 32.6 Å². The minimum absolute atomic E-state index is 0.235. The van der Waals surface area contributed by atoms with Gasteiger partial charge in [0.25, 0.3) is 0 Å². The van der Waals surface area contributed by atoms with Crippen LogP contribution in [0.15, 0.2) is 83.3 Å². The van der Waals surface area contributed by atoms with Crippen molar-refractivity contribution in [1.29, 1.82) is 0 Å². The van der Waals surface area contributed by atoms with E-state index in [0.717, 1.165) is 39.6 Å². The fraction of sp³-hybridized carbons (Fsp3) is 0.267. The van der Waals surface area contributed by atoms with Gasteiger partial charge < -0.3 is 18.6 Å². The van der Waals surface area contributed by atoms with Gasteiger partial charge in [0.2, 0.25) is 5.89 Å². The van der Waals surface area contributed by atoms with E-state index in [0.29, 0.717) is 31.9 Å². The molecule has 1 unspecified atom stereocenters. The lowest BCUT2D eigenvalue weighted by Gasteiger charge is -2.17. The first-order valence-electron chi connectivity index (χ1n) is 12.1. The van der Waals surface area contributed by atoms with Crippen LogP contribution in [0.25, 0.3) is 11.5 Å². The van der Waals surface area contributed by atoms with Crippen molar-refractivity contribution in [2.24, 2.45) is 0 Å². The highest BCUT2D eigenvalue weighted by atomic mass is 16.5. The fourth-order valence-electron chi connectivity index (χ4n) is 4.00. The summed E-state index contributed by atoms with van der Waals surface area (Å²) in [4.78, 5) is 17.3.